The smallest absolute Gasteiger partial charge is 0.197 e. The van der Waals surface area contributed by atoms with Gasteiger partial charge in [0.25, 0.3) is 0 Å². The number of nitrogens with zero attached hydrogens (tertiary/aromatic N) is 2. The average molecular weight is 150 g/mol. The van der Waals surface area contributed by atoms with Crippen molar-refractivity contribution in [2.45, 2.75) is 0 Å². The fraction of sp³-hybridized carbons (Fsp3) is 0.333. The minimum Gasteiger partial charge on any atom is -0.370 e. The van der Waals surface area contributed by atoms with Gasteiger partial charge >= 0.3 is 0 Å². The molecule has 0 atom stereocenters. The summed E-state index contributed by atoms with van der Waals surface area (Å²) in [6.07, 6.45) is 0. The van der Waals surface area contributed by atoms with Crippen molar-refractivity contribution in [3.8, 4) is 0 Å². The first-order chi connectivity index (χ1) is 3.79. The number of halogens is 1. The van der Waals surface area contributed by atoms with Gasteiger partial charge in [0, 0.05) is 0 Å². The molecule has 0 radical (unpaired) electrons. The summed E-state index contributed by atoms with van der Waals surface area (Å²) in [6.45, 7) is 0.338. The monoisotopic (exact) mass is 149 g/mol. The molecule has 5 N–H and O–H groups in total. The van der Waals surface area contributed by atoms with Crippen LogP contribution >= 0.6 is 12.4 Å². The van der Waals surface area contributed by atoms with Crippen molar-refractivity contribution in [3.63, 3.8) is 0 Å². The minimum absolute atomic E-state index is 0. The normalized spacial score (nSPS) is 16.4. The van der Waals surface area contributed by atoms with Crippen LogP contribution in [0.3, 0.4) is 0 Å². The molecule has 1 rings (SSSR count). The van der Waals surface area contributed by atoms with E-state index in [-0.39, 0.29) is 12.4 Å². The third-order valence-corrected chi connectivity index (χ3v) is 0.738. The Morgan fingerprint density at radius 3 is 1.89 bits per heavy atom. The van der Waals surface area contributed by atoms with E-state index in [4.69, 9.17) is 11.5 Å². The zero-order valence-electron chi connectivity index (χ0n) is 4.66. The van der Waals surface area contributed by atoms with Crippen LogP contribution in [-0.2, 0) is 0 Å². The predicted octanol–water partition coefficient (Wildman–Crippen LogP) is -1.40. The first kappa shape index (κ1) is 8.03. The van der Waals surface area contributed by atoms with Gasteiger partial charge in [-0.1, -0.05) is 0 Å². The second-order valence-electron chi connectivity index (χ2n) is 1.35. The van der Waals surface area contributed by atoms with E-state index in [0.717, 1.165) is 0 Å². The highest BCUT2D eigenvalue weighted by Gasteiger charge is 1.97. The van der Waals surface area contributed by atoms with E-state index in [2.05, 4.69) is 15.3 Å². The Morgan fingerprint density at radius 2 is 1.67 bits per heavy atom. The lowest BCUT2D eigenvalue weighted by molar-refractivity contribution is 0.982. The van der Waals surface area contributed by atoms with Gasteiger partial charge < -0.3 is 11.5 Å². The van der Waals surface area contributed by atoms with Crippen LogP contribution in [0.4, 0.5) is 0 Å². The Kier molecular flexibility index (Phi) is 2.80. The van der Waals surface area contributed by atoms with E-state index in [9.17, 15) is 0 Å². The molecule has 0 fully saturated rings. The number of nitrogens with one attached hydrogen (secondary N) is 1. The van der Waals surface area contributed by atoms with E-state index in [0.29, 0.717) is 18.6 Å². The second-order valence-corrected chi connectivity index (χ2v) is 1.35. The van der Waals surface area contributed by atoms with Crippen LogP contribution in [0.2, 0.25) is 0 Å². The number of aliphatic imine (C=N–C) groups is 2. The summed E-state index contributed by atoms with van der Waals surface area (Å²) in [5.74, 6) is 0.662. The predicted molar refractivity (Wildman–Crippen MR) is 38.5 cm³/mol. The summed E-state index contributed by atoms with van der Waals surface area (Å²) in [6, 6.07) is 0. The summed E-state index contributed by atoms with van der Waals surface area (Å²) in [5, 5.41) is 2.53. The molecule has 1 aliphatic rings. The van der Waals surface area contributed by atoms with Crippen LogP contribution in [0.25, 0.3) is 0 Å². The third kappa shape index (κ3) is 2.18. The summed E-state index contributed by atoms with van der Waals surface area (Å²) in [5.41, 5.74) is 10.4. The summed E-state index contributed by atoms with van der Waals surface area (Å²) >= 11 is 0. The Hall–Kier alpha value is -0.970. The van der Waals surface area contributed by atoms with Gasteiger partial charge in [-0.15, -0.1) is 12.4 Å². The molecule has 0 aromatic rings. The molecule has 1 heterocycles. The maximum absolute atomic E-state index is 5.20. The van der Waals surface area contributed by atoms with Gasteiger partial charge in [-0.05, 0) is 0 Å². The van der Waals surface area contributed by atoms with Crippen LogP contribution in [0, 0.1) is 0 Å². The topological polar surface area (TPSA) is 88.8 Å². The number of hydrogen-bond donors (Lipinski definition) is 3. The molecule has 0 aromatic carbocycles. The van der Waals surface area contributed by atoms with E-state index < -0.39 is 0 Å². The molecule has 0 saturated heterocycles. The summed E-state index contributed by atoms with van der Waals surface area (Å²) in [4.78, 5) is 7.39. The lowest BCUT2D eigenvalue weighted by Crippen LogP contribution is -2.43. The van der Waals surface area contributed by atoms with Crippen molar-refractivity contribution >= 4 is 24.3 Å². The standard InChI is InChI=1S/C3H7N5.ClH/c4-2-6-1-7-3(5)8-2;/h1H2,(H5,4,5,6,7,8);1H. The van der Waals surface area contributed by atoms with Gasteiger partial charge in [0.1, 0.15) is 6.67 Å². The third-order valence-electron chi connectivity index (χ3n) is 0.738. The zero-order chi connectivity index (χ0) is 5.98. The Balaban J connectivity index is 0.000000640. The molecule has 5 nitrogen and oxygen atoms in total. The molecular formula is C3H8ClN5. The van der Waals surface area contributed by atoms with Gasteiger partial charge in [-0.2, -0.15) is 0 Å². The first-order valence-corrected chi connectivity index (χ1v) is 2.16. The molecule has 0 unspecified atom stereocenters. The molecule has 0 spiro atoms. The molecule has 6 heteroatoms. The molecule has 9 heavy (non-hydrogen) atoms. The highest BCUT2D eigenvalue weighted by Crippen LogP contribution is 1.77. The molecule has 0 bridgehead atoms. The highest BCUT2D eigenvalue weighted by molar-refractivity contribution is 5.98. The van der Waals surface area contributed by atoms with Gasteiger partial charge in [0.2, 0.25) is 0 Å². The fourth-order valence-corrected chi connectivity index (χ4v) is 0.398. The lowest BCUT2D eigenvalue weighted by Gasteiger charge is -2.06. The van der Waals surface area contributed by atoms with E-state index >= 15 is 0 Å². The second kappa shape index (κ2) is 3.13. The number of rotatable bonds is 0. The quantitative estimate of drug-likeness (QED) is 0.396. The first-order valence-electron chi connectivity index (χ1n) is 2.16. The molecule has 0 aromatic heterocycles. The maximum Gasteiger partial charge on any atom is 0.197 e. The van der Waals surface area contributed by atoms with Crippen molar-refractivity contribution in [2.75, 3.05) is 6.67 Å². The van der Waals surface area contributed by atoms with Crippen LogP contribution < -0.4 is 16.8 Å². The van der Waals surface area contributed by atoms with E-state index in [1.807, 2.05) is 0 Å². The lowest BCUT2D eigenvalue weighted by atomic mass is 10.8. The molecular weight excluding hydrogens is 142 g/mol. The zero-order valence-corrected chi connectivity index (χ0v) is 5.48. The van der Waals surface area contributed by atoms with Crippen molar-refractivity contribution in [3.05, 3.63) is 0 Å². The van der Waals surface area contributed by atoms with Gasteiger partial charge in [-0.3, -0.25) is 5.32 Å². The maximum atomic E-state index is 5.20. The van der Waals surface area contributed by atoms with Crippen LogP contribution in [0.15, 0.2) is 9.98 Å². The van der Waals surface area contributed by atoms with E-state index in [1.54, 1.807) is 0 Å². The Bertz CT molecular complexity index is 134. The summed E-state index contributed by atoms with van der Waals surface area (Å²) < 4.78 is 0. The van der Waals surface area contributed by atoms with Gasteiger partial charge in [0.05, 0.1) is 0 Å². The molecule has 1 aliphatic heterocycles. The van der Waals surface area contributed by atoms with E-state index in [1.165, 1.54) is 0 Å². The van der Waals surface area contributed by atoms with Crippen LogP contribution in [0.5, 0.6) is 0 Å². The molecule has 52 valence electrons. The van der Waals surface area contributed by atoms with Crippen molar-refractivity contribution < 1.29 is 0 Å². The van der Waals surface area contributed by atoms with Crippen molar-refractivity contribution in [1.82, 2.24) is 5.32 Å². The van der Waals surface area contributed by atoms with Gasteiger partial charge in [-0.25, -0.2) is 9.98 Å². The largest absolute Gasteiger partial charge is 0.370 e. The number of guanidine groups is 2. The molecule has 0 aliphatic carbocycles. The van der Waals surface area contributed by atoms with Crippen LogP contribution in [0.1, 0.15) is 0 Å². The highest BCUT2D eigenvalue weighted by atomic mass is 35.5. The Labute approximate surface area is 58.6 Å². The SMILES string of the molecule is Cl.NC1=NCN=C(N)N1. The fourth-order valence-electron chi connectivity index (χ4n) is 0.398. The van der Waals surface area contributed by atoms with Crippen molar-refractivity contribution in [2.24, 2.45) is 21.5 Å². The number of hydrogen-bond acceptors (Lipinski definition) is 5. The average Bonchev–Trinajstić information content (AvgIpc) is 1.64. The summed E-state index contributed by atoms with van der Waals surface area (Å²) in [7, 11) is 0. The Morgan fingerprint density at radius 1 is 1.22 bits per heavy atom. The van der Waals surface area contributed by atoms with Crippen LogP contribution in [-0.4, -0.2) is 18.6 Å². The van der Waals surface area contributed by atoms with Gasteiger partial charge in [0.15, 0.2) is 11.9 Å². The minimum atomic E-state index is 0. The number of nitrogens with two attached hydrogens (primary N) is 2. The molecule has 0 amide bonds. The van der Waals surface area contributed by atoms with Crippen molar-refractivity contribution in [1.29, 1.82) is 0 Å². The molecule has 0 saturated carbocycles.